The highest BCUT2D eigenvalue weighted by molar-refractivity contribution is 5.29. The fraction of sp³-hybridized carbons (Fsp3) is 0.625. The molecule has 0 aromatic heterocycles. The van der Waals surface area contributed by atoms with Crippen molar-refractivity contribution in [2.24, 2.45) is 0 Å². The third-order valence-electron chi connectivity index (χ3n) is 3.79. The minimum absolute atomic E-state index is 0.807. The van der Waals surface area contributed by atoms with E-state index in [-0.39, 0.29) is 0 Å². The minimum Gasteiger partial charge on any atom is -0.0654 e. The SMILES string of the molecule is CCCCc1ccc[c]c1C1CCCCC1. The summed E-state index contributed by atoms with van der Waals surface area (Å²) < 4.78 is 0. The molecule has 1 aliphatic rings. The molecule has 1 aliphatic carbocycles. The molecule has 0 unspecified atom stereocenters. The molecule has 2 rings (SSSR count). The molecule has 1 saturated carbocycles. The molecule has 16 heavy (non-hydrogen) atoms. The Balaban J connectivity index is 2.11. The van der Waals surface area contributed by atoms with E-state index in [2.05, 4.69) is 31.2 Å². The van der Waals surface area contributed by atoms with Crippen molar-refractivity contribution >= 4 is 0 Å². The van der Waals surface area contributed by atoms with Crippen LogP contribution in [0.15, 0.2) is 18.2 Å². The summed E-state index contributed by atoms with van der Waals surface area (Å²) in [7, 11) is 0. The van der Waals surface area contributed by atoms with Gasteiger partial charge in [-0.25, -0.2) is 0 Å². The number of unbranched alkanes of at least 4 members (excludes halogenated alkanes) is 1. The zero-order valence-corrected chi connectivity index (χ0v) is 10.5. The largest absolute Gasteiger partial charge is 0.0654 e. The van der Waals surface area contributed by atoms with Gasteiger partial charge >= 0.3 is 0 Å². The van der Waals surface area contributed by atoms with E-state index in [1.54, 1.807) is 5.56 Å². The molecular weight excluding hydrogens is 192 g/mol. The van der Waals surface area contributed by atoms with Crippen LogP contribution in [0.4, 0.5) is 0 Å². The summed E-state index contributed by atoms with van der Waals surface area (Å²) in [6.45, 7) is 2.27. The lowest BCUT2D eigenvalue weighted by Gasteiger charge is -2.24. The van der Waals surface area contributed by atoms with E-state index in [0.717, 1.165) is 5.92 Å². The van der Waals surface area contributed by atoms with Crippen molar-refractivity contribution in [3.8, 4) is 0 Å². The van der Waals surface area contributed by atoms with Gasteiger partial charge in [0.05, 0.1) is 0 Å². The lowest BCUT2D eigenvalue weighted by atomic mass is 9.81. The maximum atomic E-state index is 3.52. The first kappa shape index (κ1) is 11.7. The van der Waals surface area contributed by atoms with E-state index < -0.39 is 0 Å². The third kappa shape index (κ3) is 2.87. The van der Waals surface area contributed by atoms with Gasteiger partial charge < -0.3 is 0 Å². The van der Waals surface area contributed by atoms with Gasteiger partial charge in [0, 0.05) is 0 Å². The Bertz CT molecular complexity index is 308. The molecule has 1 fully saturated rings. The highest BCUT2D eigenvalue weighted by Crippen LogP contribution is 2.34. The number of benzene rings is 1. The van der Waals surface area contributed by atoms with Gasteiger partial charge in [-0.1, -0.05) is 50.8 Å². The van der Waals surface area contributed by atoms with Crippen LogP contribution in [0, 0.1) is 6.07 Å². The quantitative estimate of drug-likeness (QED) is 0.671. The van der Waals surface area contributed by atoms with E-state index in [4.69, 9.17) is 0 Å². The highest BCUT2D eigenvalue weighted by atomic mass is 14.2. The van der Waals surface area contributed by atoms with Gasteiger partial charge in [0.25, 0.3) is 0 Å². The van der Waals surface area contributed by atoms with Crippen LogP contribution in [0.2, 0.25) is 0 Å². The molecule has 87 valence electrons. The molecule has 1 radical (unpaired) electrons. The zero-order chi connectivity index (χ0) is 11.2. The van der Waals surface area contributed by atoms with Crippen LogP contribution in [0.3, 0.4) is 0 Å². The Morgan fingerprint density at radius 3 is 2.81 bits per heavy atom. The standard InChI is InChI=1S/C16H23/c1-2-3-9-14-12-7-8-13-16(14)15-10-5-4-6-11-15/h7-8,12,15H,2-6,9-11H2,1H3. The number of rotatable bonds is 4. The van der Waals surface area contributed by atoms with Crippen LogP contribution in [-0.2, 0) is 6.42 Å². The topological polar surface area (TPSA) is 0 Å². The van der Waals surface area contributed by atoms with Gasteiger partial charge in [0.15, 0.2) is 0 Å². The van der Waals surface area contributed by atoms with Crippen molar-refractivity contribution < 1.29 is 0 Å². The summed E-state index contributed by atoms with van der Waals surface area (Å²) >= 11 is 0. The molecule has 0 heterocycles. The molecule has 0 atom stereocenters. The van der Waals surface area contributed by atoms with E-state index in [9.17, 15) is 0 Å². The van der Waals surface area contributed by atoms with E-state index >= 15 is 0 Å². The second-order valence-electron chi connectivity index (χ2n) is 5.05. The average Bonchev–Trinajstić information content (AvgIpc) is 2.38. The maximum Gasteiger partial charge on any atom is -0.0143 e. The van der Waals surface area contributed by atoms with Crippen LogP contribution < -0.4 is 0 Å². The van der Waals surface area contributed by atoms with Crippen LogP contribution >= 0.6 is 0 Å². The first-order chi connectivity index (χ1) is 7.92. The summed E-state index contributed by atoms with van der Waals surface area (Å²) in [5, 5.41) is 0. The van der Waals surface area contributed by atoms with Gasteiger partial charge in [0.2, 0.25) is 0 Å². The summed E-state index contributed by atoms with van der Waals surface area (Å²) in [5.41, 5.74) is 3.10. The van der Waals surface area contributed by atoms with Gasteiger partial charge in [-0.05, 0) is 48.8 Å². The predicted molar refractivity (Wildman–Crippen MR) is 69.7 cm³/mol. The Hall–Kier alpha value is -0.780. The minimum atomic E-state index is 0.807. The van der Waals surface area contributed by atoms with Crippen molar-refractivity contribution in [2.45, 2.75) is 64.2 Å². The molecule has 0 nitrogen and oxygen atoms in total. The average molecular weight is 215 g/mol. The van der Waals surface area contributed by atoms with Crippen LogP contribution in [0.5, 0.6) is 0 Å². The molecule has 1 aromatic rings. The first-order valence-corrected chi connectivity index (χ1v) is 6.91. The van der Waals surface area contributed by atoms with Crippen molar-refractivity contribution in [2.75, 3.05) is 0 Å². The van der Waals surface area contributed by atoms with Crippen LogP contribution in [0.25, 0.3) is 0 Å². The summed E-state index contributed by atoms with van der Waals surface area (Å²) in [4.78, 5) is 0. The molecule has 0 aliphatic heterocycles. The smallest absolute Gasteiger partial charge is 0.0143 e. The summed E-state index contributed by atoms with van der Waals surface area (Å²) in [6.07, 6.45) is 10.9. The number of aryl methyl sites for hydroxylation is 1. The molecule has 0 amide bonds. The Kier molecular flexibility index (Phi) is 4.44. The third-order valence-corrected chi connectivity index (χ3v) is 3.79. The van der Waals surface area contributed by atoms with E-state index in [1.165, 1.54) is 56.9 Å². The predicted octanol–water partition coefficient (Wildman–Crippen LogP) is 4.88. The Morgan fingerprint density at radius 1 is 1.25 bits per heavy atom. The molecule has 0 bridgehead atoms. The van der Waals surface area contributed by atoms with Crippen LogP contribution in [0.1, 0.15) is 68.9 Å². The number of hydrogen-bond donors (Lipinski definition) is 0. The molecule has 0 saturated heterocycles. The second kappa shape index (κ2) is 6.08. The zero-order valence-electron chi connectivity index (χ0n) is 10.5. The first-order valence-electron chi connectivity index (χ1n) is 6.91. The van der Waals surface area contributed by atoms with Crippen molar-refractivity contribution in [3.05, 3.63) is 35.4 Å². The second-order valence-corrected chi connectivity index (χ2v) is 5.05. The lowest BCUT2D eigenvalue weighted by Crippen LogP contribution is -2.07. The van der Waals surface area contributed by atoms with Gasteiger partial charge in [0.1, 0.15) is 0 Å². The highest BCUT2D eigenvalue weighted by Gasteiger charge is 2.17. The molecule has 0 spiro atoms. The van der Waals surface area contributed by atoms with Crippen molar-refractivity contribution in [1.29, 1.82) is 0 Å². The van der Waals surface area contributed by atoms with Gasteiger partial charge in [-0.15, -0.1) is 0 Å². The maximum absolute atomic E-state index is 3.52. The molecule has 0 N–H and O–H groups in total. The monoisotopic (exact) mass is 215 g/mol. The van der Waals surface area contributed by atoms with Gasteiger partial charge in [-0.2, -0.15) is 0 Å². The Labute approximate surface area is 100 Å². The molecular formula is C16H23. The van der Waals surface area contributed by atoms with Crippen LogP contribution in [-0.4, -0.2) is 0 Å². The van der Waals surface area contributed by atoms with Crippen molar-refractivity contribution in [3.63, 3.8) is 0 Å². The number of hydrogen-bond acceptors (Lipinski definition) is 0. The van der Waals surface area contributed by atoms with Crippen molar-refractivity contribution in [1.82, 2.24) is 0 Å². The summed E-state index contributed by atoms with van der Waals surface area (Å²) in [6, 6.07) is 10.1. The lowest BCUT2D eigenvalue weighted by molar-refractivity contribution is 0.441. The van der Waals surface area contributed by atoms with E-state index in [1.807, 2.05) is 0 Å². The summed E-state index contributed by atoms with van der Waals surface area (Å²) in [5.74, 6) is 0.807. The Morgan fingerprint density at radius 2 is 2.06 bits per heavy atom. The molecule has 1 aromatic carbocycles. The molecule has 0 heteroatoms. The fourth-order valence-electron chi connectivity index (χ4n) is 2.84. The normalized spacial score (nSPS) is 17.6. The fourth-order valence-corrected chi connectivity index (χ4v) is 2.84. The van der Waals surface area contributed by atoms with E-state index in [0.29, 0.717) is 0 Å². The van der Waals surface area contributed by atoms with Gasteiger partial charge in [-0.3, -0.25) is 0 Å².